The Balaban J connectivity index is 4.06. The van der Waals surface area contributed by atoms with Crippen molar-refractivity contribution < 1.29 is 28.6 Å². The van der Waals surface area contributed by atoms with Gasteiger partial charge in [-0.1, -0.05) is 359 Å². The Morgan fingerprint density at radius 3 is 0.720 bits per heavy atom. The van der Waals surface area contributed by atoms with E-state index in [9.17, 15) is 14.4 Å². The van der Waals surface area contributed by atoms with Gasteiger partial charge in [-0.15, -0.1) is 0 Å². The Hall–Kier alpha value is -2.37. The third-order valence-corrected chi connectivity index (χ3v) is 16.9. The lowest BCUT2D eigenvalue weighted by atomic mass is 10.0. The van der Waals surface area contributed by atoms with Crippen molar-refractivity contribution in [1.82, 2.24) is 0 Å². The van der Waals surface area contributed by atoms with E-state index in [0.29, 0.717) is 19.3 Å². The molecule has 82 heavy (non-hydrogen) atoms. The molecule has 0 radical (unpaired) electrons. The average Bonchev–Trinajstić information content (AvgIpc) is 3.47. The van der Waals surface area contributed by atoms with Crippen LogP contribution in [-0.2, 0) is 28.6 Å². The van der Waals surface area contributed by atoms with Crippen LogP contribution in [0.15, 0.2) is 36.5 Å². The van der Waals surface area contributed by atoms with Crippen molar-refractivity contribution in [3.63, 3.8) is 0 Å². The zero-order chi connectivity index (χ0) is 59.2. The normalized spacial score (nSPS) is 12.2. The Kier molecular flexibility index (Phi) is 69.1. The highest BCUT2D eigenvalue weighted by atomic mass is 16.6. The van der Waals surface area contributed by atoms with E-state index in [4.69, 9.17) is 14.2 Å². The largest absolute Gasteiger partial charge is 0.462 e. The first-order chi connectivity index (χ1) is 40.5. The lowest BCUT2D eigenvalue weighted by molar-refractivity contribution is -0.167. The molecule has 0 rings (SSSR count). The minimum absolute atomic E-state index is 0.0706. The van der Waals surface area contributed by atoms with Crippen molar-refractivity contribution in [3.8, 4) is 0 Å². The van der Waals surface area contributed by atoms with Gasteiger partial charge < -0.3 is 14.2 Å². The van der Waals surface area contributed by atoms with E-state index in [1.165, 1.54) is 295 Å². The van der Waals surface area contributed by atoms with E-state index in [1.807, 2.05) is 0 Å². The molecule has 0 aromatic carbocycles. The first-order valence-corrected chi connectivity index (χ1v) is 37.0. The zero-order valence-electron chi connectivity index (χ0n) is 55.5. The van der Waals surface area contributed by atoms with E-state index in [-0.39, 0.29) is 31.1 Å². The highest BCUT2D eigenvalue weighted by Crippen LogP contribution is 2.19. The zero-order valence-corrected chi connectivity index (χ0v) is 55.5. The van der Waals surface area contributed by atoms with Crippen LogP contribution in [-0.4, -0.2) is 37.2 Å². The quantitative estimate of drug-likeness (QED) is 0.0261. The summed E-state index contributed by atoms with van der Waals surface area (Å²) in [5, 5.41) is 0. The van der Waals surface area contributed by atoms with E-state index < -0.39 is 6.10 Å². The fourth-order valence-corrected chi connectivity index (χ4v) is 11.3. The van der Waals surface area contributed by atoms with Gasteiger partial charge >= 0.3 is 17.9 Å². The monoisotopic (exact) mass is 1150 g/mol. The van der Waals surface area contributed by atoms with Crippen molar-refractivity contribution >= 4 is 17.9 Å². The number of hydrogen-bond donors (Lipinski definition) is 0. The molecule has 0 bridgehead atoms. The third-order valence-electron chi connectivity index (χ3n) is 16.9. The first kappa shape index (κ1) is 79.6. The highest BCUT2D eigenvalue weighted by molar-refractivity contribution is 5.71. The third kappa shape index (κ3) is 68.4. The number of hydrogen-bond acceptors (Lipinski definition) is 6. The van der Waals surface area contributed by atoms with Gasteiger partial charge in [0.2, 0.25) is 0 Å². The lowest BCUT2D eigenvalue weighted by Gasteiger charge is -2.18. The van der Waals surface area contributed by atoms with Crippen molar-refractivity contribution in [1.29, 1.82) is 0 Å². The molecule has 0 aliphatic carbocycles. The Labute approximate surface area is 512 Å². The number of ether oxygens (including phenoxy) is 3. The molecule has 0 saturated carbocycles. The molecule has 0 saturated heterocycles. The van der Waals surface area contributed by atoms with Crippen LogP contribution < -0.4 is 0 Å². The summed E-state index contributed by atoms with van der Waals surface area (Å²) < 4.78 is 17.0. The number of rotatable bonds is 69. The molecule has 1 atom stereocenters. The molecule has 0 aliphatic rings. The number of esters is 3. The average molecular weight is 1150 g/mol. The summed E-state index contributed by atoms with van der Waals surface area (Å²) in [4.78, 5) is 38.4. The van der Waals surface area contributed by atoms with Gasteiger partial charge in [0.15, 0.2) is 6.10 Å². The standard InChI is InChI=1S/C76H142O6/c1-4-7-10-13-16-19-22-25-28-29-30-31-32-33-34-35-36-37-38-39-40-41-42-43-44-45-46-47-49-51-54-57-60-63-66-69-75(78)81-72-73(71-80-74(77)68-65-62-59-56-53-50-27-24-21-18-15-12-9-6-3)82-76(79)70-67-64-61-58-55-52-48-26-23-20-17-14-11-8-5-2/h15,18,24,27,29-30,73H,4-14,16-17,19-23,25-26,28,31-72H2,1-3H3/b18-15-,27-24-,30-29-. The molecule has 0 aromatic heterocycles. The van der Waals surface area contributed by atoms with E-state index in [0.717, 1.165) is 77.0 Å². The van der Waals surface area contributed by atoms with Gasteiger partial charge in [-0.05, 0) is 70.6 Å². The van der Waals surface area contributed by atoms with Gasteiger partial charge in [0, 0.05) is 19.3 Å². The molecular formula is C76H142O6. The second kappa shape index (κ2) is 71.1. The molecule has 0 spiro atoms. The number of carbonyl (C=O) groups excluding carboxylic acids is 3. The van der Waals surface area contributed by atoms with E-state index in [1.54, 1.807) is 0 Å². The van der Waals surface area contributed by atoms with Crippen LogP contribution in [0, 0.1) is 0 Å². The highest BCUT2D eigenvalue weighted by Gasteiger charge is 2.19. The SMILES string of the molecule is CCCC/C=C\C/C=C\CCCCCCCC(=O)OCC(COC(=O)CCCCCCCCCCCCCCCCCCCCCCCCC/C=C\CCCCCCCCCC)OC(=O)CCCCCCCCCCCCCCCCC. The van der Waals surface area contributed by atoms with Gasteiger partial charge in [0.1, 0.15) is 13.2 Å². The maximum Gasteiger partial charge on any atom is 0.306 e. The number of allylic oxidation sites excluding steroid dienone is 6. The summed E-state index contributed by atoms with van der Waals surface area (Å²) in [6.45, 7) is 6.66. The molecule has 6 nitrogen and oxygen atoms in total. The lowest BCUT2D eigenvalue weighted by Crippen LogP contribution is -2.30. The van der Waals surface area contributed by atoms with Crippen LogP contribution in [0.4, 0.5) is 0 Å². The molecule has 0 fully saturated rings. The number of carbonyl (C=O) groups is 3. The molecular weight excluding hydrogens is 1010 g/mol. The summed E-state index contributed by atoms with van der Waals surface area (Å²) in [5.41, 5.74) is 0. The van der Waals surface area contributed by atoms with Crippen LogP contribution in [0.5, 0.6) is 0 Å². The first-order valence-electron chi connectivity index (χ1n) is 37.0. The van der Waals surface area contributed by atoms with Crippen molar-refractivity contribution in [3.05, 3.63) is 36.5 Å². The molecule has 6 heteroatoms. The number of unbranched alkanes of at least 4 members (excludes halogenated alkanes) is 52. The Bertz CT molecular complexity index is 1370. The van der Waals surface area contributed by atoms with Gasteiger partial charge in [0.25, 0.3) is 0 Å². The molecule has 0 N–H and O–H groups in total. The van der Waals surface area contributed by atoms with Crippen LogP contribution in [0.25, 0.3) is 0 Å². The summed E-state index contributed by atoms with van der Waals surface area (Å²) in [5.74, 6) is -0.856. The molecule has 0 aliphatic heterocycles. The summed E-state index contributed by atoms with van der Waals surface area (Å²) in [6, 6.07) is 0. The maximum atomic E-state index is 12.9. The van der Waals surface area contributed by atoms with Gasteiger partial charge in [-0.3, -0.25) is 14.4 Å². The molecule has 0 heterocycles. The molecule has 0 aromatic rings. The molecule has 482 valence electrons. The molecule has 1 unspecified atom stereocenters. The van der Waals surface area contributed by atoms with Gasteiger partial charge in [-0.2, -0.15) is 0 Å². The van der Waals surface area contributed by atoms with Crippen LogP contribution >= 0.6 is 0 Å². The fourth-order valence-electron chi connectivity index (χ4n) is 11.3. The fraction of sp³-hybridized carbons (Fsp3) is 0.882. The topological polar surface area (TPSA) is 78.9 Å². The molecule has 0 amide bonds. The second-order valence-corrected chi connectivity index (χ2v) is 25.2. The second-order valence-electron chi connectivity index (χ2n) is 25.2. The summed E-state index contributed by atoms with van der Waals surface area (Å²) >= 11 is 0. The smallest absolute Gasteiger partial charge is 0.306 e. The summed E-state index contributed by atoms with van der Waals surface area (Å²) in [7, 11) is 0. The van der Waals surface area contributed by atoms with E-state index in [2.05, 4.69) is 57.2 Å². The van der Waals surface area contributed by atoms with Crippen molar-refractivity contribution in [2.45, 2.75) is 419 Å². The Morgan fingerprint density at radius 1 is 0.244 bits per heavy atom. The van der Waals surface area contributed by atoms with Gasteiger partial charge in [-0.25, -0.2) is 0 Å². The Morgan fingerprint density at radius 2 is 0.451 bits per heavy atom. The van der Waals surface area contributed by atoms with Crippen LogP contribution in [0.2, 0.25) is 0 Å². The maximum absolute atomic E-state index is 12.9. The van der Waals surface area contributed by atoms with Crippen molar-refractivity contribution in [2.75, 3.05) is 13.2 Å². The summed E-state index contributed by atoms with van der Waals surface area (Å²) in [6.07, 6.45) is 89.2. The minimum Gasteiger partial charge on any atom is -0.462 e. The van der Waals surface area contributed by atoms with Gasteiger partial charge in [0.05, 0.1) is 0 Å². The van der Waals surface area contributed by atoms with Crippen molar-refractivity contribution in [2.24, 2.45) is 0 Å². The van der Waals surface area contributed by atoms with Crippen LogP contribution in [0.3, 0.4) is 0 Å². The predicted octanol–water partition coefficient (Wildman–Crippen LogP) is 25.5. The predicted molar refractivity (Wildman–Crippen MR) is 358 cm³/mol. The van der Waals surface area contributed by atoms with E-state index >= 15 is 0 Å². The minimum atomic E-state index is -0.775. The van der Waals surface area contributed by atoms with Crippen LogP contribution in [0.1, 0.15) is 412 Å².